The van der Waals surface area contributed by atoms with Crippen LogP contribution in [0.5, 0.6) is 11.5 Å². The van der Waals surface area contributed by atoms with Crippen molar-refractivity contribution in [2.45, 2.75) is 13.6 Å². The number of halogens is 4. The maximum absolute atomic E-state index is 14.0. The minimum atomic E-state index is -0.804. The van der Waals surface area contributed by atoms with E-state index in [1.54, 1.807) is 72.8 Å². The molecule has 14 rings (SSSR count). The Labute approximate surface area is 554 Å². The summed E-state index contributed by atoms with van der Waals surface area (Å²) in [5.74, 6) is -3.80. The van der Waals surface area contributed by atoms with Crippen molar-refractivity contribution in [2.75, 3.05) is 0 Å². The predicted molar refractivity (Wildman–Crippen MR) is 362 cm³/mol. The number of hydrogen-bond acceptors (Lipinski definition) is 12. The van der Waals surface area contributed by atoms with Crippen LogP contribution in [0.4, 0.5) is 0 Å². The highest BCUT2D eigenvalue weighted by atomic mass is 35.5. The number of aromatic nitrogens is 4. The number of benzene rings is 9. The maximum Gasteiger partial charge on any atom is 0.343 e. The van der Waals surface area contributed by atoms with Gasteiger partial charge in [-0.15, -0.1) is 0 Å². The summed E-state index contributed by atoms with van der Waals surface area (Å²) in [4.78, 5) is 87.9. The van der Waals surface area contributed by atoms with Gasteiger partial charge in [0.05, 0.1) is 87.0 Å². The lowest BCUT2D eigenvalue weighted by atomic mass is 9.50. The van der Waals surface area contributed by atoms with Crippen molar-refractivity contribution in [3.8, 4) is 46.2 Å². The van der Waals surface area contributed by atoms with Gasteiger partial charge < -0.3 is 18.4 Å². The first kappa shape index (κ1) is 60.2. The van der Waals surface area contributed by atoms with Gasteiger partial charge in [-0.25, -0.2) is 14.6 Å². The zero-order valence-electron chi connectivity index (χ0n) is 49.1. The second kappa shape index (κ2) is 24.0. The number of esters is 2. The fourth-order valence-corrected chi connectivity index (χ4v) is 13.0. The van der Waals surface area contributed by atoms with Crippen molar-refractivity contribution in [1.82, 2.24) is 29.6 Å². The minimum Gasteiger partial charge on any atom is -0.423 e. The molecule has 0 aliphatic carbocycles. The van der Waals surface area contributed by atoms with Crippen LogP contribution in [0.15, 0.2) is 194 Å². The van der Waals surface area contributed by atoms with Crippen LogP contribution >= 0.6 is 46.4 Å². The second-order valence-electron chi connectivity index (χ2n) is 22.4. The number of nitrogens with one attached hydrogen (secondary N) is 2. The first-order valence-electron chi connectivity index (χ1n) is 29.1. The fraction of sp³-hybridized carbons (Fsp3) is 0.0278. The number of imide groups is 2. The van der Waals surface area contributed by atoms with Crippen molar-refractivity contribution in [1.29, 1.82) is 10.5 Å². The van der Waals surface area contributed by atoms with E-state index in [1.807, 2.05) is 97.0 Å². The molecule has 450 valence electrons. The van der Waals surface area contributed by atoms with Crippen molar-refractivity contribution >= 4 is 150 Å². The van der Waals surface area contributed by atoms with Crippen LogP contribution in [-0.4, -0.2) is 68.2 Å². The van der Waals surface area contributed by atoms with E-state index in [4.69, 9.17) is 65.8 Å². The van der Waals surface area contributed by atoms with Gasteiger partial charge in [-0.2, -0.15) is 10.5 Å². The quantitative estimate of drug-likeness (QED) is 0.0504. The topological polar surface area (TPSA) is 228 Å². The molecule has 0 atom stereocenters. The first-order valence-corrected chi connectivity index (χ1v) is 30.6. The lowest BCUT2D eigenvalue weighted by Crippen LogP contribution is -2.53. The number of fused-ring (bicyclic) bond motifs is 5. The molecule has 22 heteroatoms. The van der Waals surface area contributed by atoms with Gasteiger partial charge in [-0.3, -0.25) is 34.8 Å². The molecule has 0 saturated carbocycles. The molecule has 12 aromatic rings. The molecule has 94 heavy (non-hydrogen) atoms. The highest BCUT2D eigenvalue weighted by Gasteiger charge is 2.36. The molecule has 3 aromatic heterocycles. The van der Waals surface area contributed by atoms with Gasteiger partial charge in [0.1, 0.15) is 34.9 Å². The van der Waals surface area contributed by atoms with E-state index in [2.05, 4.69) is 27.3 Å². The molecule has 5 heterocycles. The Balaban J connectivity index is 1.11. The number of hydrogen-bond donors (Lipinski definition) is 2. The third-order valence-corrected chi connectivity index (χ3v) is 17.9. The molecule has 0 unspecified atom stereocenters. The van der Waals surface area contributed by atoms with Gasteiger partial charge in [0.2, 0.25) is 0 Å². The average Bonchev–Trinajstić information content (AvgIpc) is 1.53. The summed E-state index contributed by atoms with van der Waals surface area (Å²) in [6, 6.07) is 58.6. The maximum atomic E-state index is 14.0. The zero-order valence-corrected chi connectivity index (χ0v) is 52.1. The summed E-state index contributed by atoms with van der Waals surface area (Å²) in [5, 5.41) is 33.0. The van der Waals surface area contributed by atoms with Crippen LogP contribution in [0.1, 0.15) is 73.4 Å². The van der Waals surface area contributed by atoms with Crippen LogP contribution in [0, 0.1) is 22.7 Å². The van der Waals surface area contributed by atoms with Crippen LogP contribution in [0.25, 0.3) is 66.2 Å². The highest BCUT2D eigenvalue weighted by molar-refractivity contribution is 6.84. The summed E-state index contributed by atoms with van der Waals surface area (Å²) < 4.78 is 16.1. The lowest BCUT2D eigenvalue weighted by Gasteiger charge is -2.23. The third kappa shape index (κ3) is 10.5. The summed E-state index contributed by atoms with van der Waals surface area (Å²) in [6.45, 7) is 2.65. The number of nitrogens with zero attached hydrogens (tertiary/aromatic N) is 6. The number of ether oxygens (including phenoxy) is 2. The molecule has 2 aliphatic heterocycles. The van der Waals surface area contributed by atoms with Gasteiger partial charge in [0.25, 0.3) is 30.5 Å². The smallest absolute Gasteiger partial charge is 0.343 e. The van der Waals surface area contributed by atoms with Crippen LogP contribution in [0.2, 0.25) is 33.7 Å². The van der Waals surface area contributed by atoms with Gasteiger partial charge >= 0.3 is 18.8 Å². The molecule has 0 saturated heterocycles. The minimum absolute atomic E-state index is 0.0217. The highest BCUT2D eigenvalue weighted by Crippen LogP contribution is 2.39. The molecule has 4 amide bonds. The Hall–Kier alpha value is -11.4. The molecule has 2 N–H and O–H groups in total. The van der Waals surface area contributed by atoms with Crippen molar-refractivity contribution in [2.24, 2.45) is 0 Å². The van der Waals surface area contributed by atoms with Crippen molar-refractivity contribution in [3.05, 3.63) is 270 Å². The molecule has 0 bridgehead atoms. The van der Waals surface area contributed by atoms with Crippen LogP contribution in [0.3, 0.4) is 0 Å². The summed E-state index contributed by atoms with van der Waals surface area (Å²) >= 11 is 26.5. The SMILES string of the molecule is CB(C)n1c(-c2ccc(OC(=O)c3ccc4c(c3)C(=O)NC4=O)cc2)c2/c(=C(\C#N)c3ccc4cc(Cl)c(Cl)cc4c3)n(B(c3ccccc3)c3ccccc3)c(-c3ccc(OC(=O)c4ccc5c(c4)C(=O)NC5=O)cc3)c2/c1=C(\C#N)c1cnc2cc(Cl)c(Cl)cc2n1. The van der Waals surface area contributed by atoms with Crippen molar-refractivity contribution < 1.29 is 38.2 Å². The molecule has 2 aliphatic rings. The Morgan fingerprint density at radius 2 is 0.926 bits per heavy atom. The van der Waals surface area contributed by atoms with Gasteiger partial charge in [-0.05, 0) is 143 Å². The monoisotopic (exact) mass is 1310 g/mol. The van der Waals surface area contributed by atoms with E-state index in [0.717, 1.165) is 16.3 Å². The Morgan fingerprint density at radius 1 is 0.479 bits per heavy atom. The predicted octanol–water partition coefficient (Wildman–Crippen LogP) is 11.9. The molecular weight excluding hydrogens is 1270 g/mol. The summed E-state index contributed by atoms with van der Waals surface area (Å²) in [5.41, 5.74) is 5.67. The van der Waals surface area contributed by atoms with Crippen LogP contribution < -0.4 is 41.7 Å². The summed E-state index contributed by atoms with van der Waals surface area (Å²) in [6.07, 6.45) is 1.49. The standard InChI is InChI=1S/C72H40B2Cl4N8O8/c1-73(2)85-63(37-15-21-46(22-16-37)93-71(91)41-19-25-48-50(28-41)69(89)83-67(48)87)61-62(66(85)53(35-80)60-36-81-58-32-56(77)57(78)33-59(58)82-60)64(38-17-23-47(24-18-38)94-72(92)42-20-26-49-51(29-42)70(90)84-68(49)88)86(74(44-9-5-3-6-10-44)45-11-7-4-8-12-45)65(61)52(34-79)40-14-13-39-30-54(75)55(76)31-43(39)27-40/h3-33,36H,1-2H3,(H,83,87,89)(H,84,88,90)/b65-52-,66-53-. The van der Waals surface area contributed by atoms with E-state index in [0.29, 0.717) is 76.0 Å². The Kier molecular flexibility index (Phi) is 15.4. The molecule has 0 spiro atoms. The van der Waals surface area contributed by atoms with E-state index in [1.165, 1.54) is 42.6 Å². The van der Waals surface area contributed by atoms with Crippen molar-refractivity contribution in [3.63, 3.8) is 0 Å². The van der Waals surface area contributed by atoms with E-state index in [9.17, 15) is 39.3 Å². The van der Waals surface area contributed by atoms with E-state index < -0.39 is 49.3 Å². The van der Waals surface area contributed by atoms with Crippen LogP contribution in [-0.2, 0) is 0 Å². The average molecular weight is 1310 g/mol. The molecule has 0 fully saturated rings. The van der Waals surface area contributed by atoms with E-state index >= 15 is 0 Å². The van der Waals surface area contributed by atoms with E-state index in [-0.39, 0.29) is 71.8 Å². The second-order valence-corrected chi connectivity index (χ2v) is 24.1. The molecule has 9 aromatic carbocycles. The molecular formula is C72H40B2Cl4N8O8. The van der Waals surface area contributed by atoms with Gasteiger partial charge in [0, 0.05) is 22.2 Å². The zero-order chi connectivity index (χ0) is 65.4. The Morgan fingerprint density at radius 3 is 1.43 bits per heavy atom. The third-order valence-electron chi connectivity index (χ3n) is 16.5. The Bertz CT molecular complexity index is 5540. The number of rotatable bonds is 12. The van der Waals surface area contributed by atoms with Gasteiger partial charge in [-0.1, -0.05) is 144 Å². The molecule has 16 nitrogen and oxygen atoms in total. The number of nitriles is 2. The van der Waals surface area contributed by atoms with Gasteiger partial charge in [0.15, 0.2) is 0 Å². The number of amides is 4. The first-order chi connectivity index (χ1) is 45.5. The number of carbonyl (C=O) groups is 6. The molecule has 0 radical (unpaired) electrons. The fourth-order valence-electron chi connectivity index (χ4n) is 12.3. The lowest BCUT2D eigenvalue weighted by molar-refractivity contribution is 0.0725. The number of carbonyl (C=O) groups excluding carboxylic acids is 6. The summed E-state index contributed by atoms with van der Waals surface area (Å²) in [7, 11) is 0. The normalized spacial score (nSPS) is 13.0. The largest absolute Gasteiger partial charge is 0.423 e.